The minimum atomic E-state index is -0.970. The zero-order valence-electron chi connectivity index (χ0n) is 16.7. The van der Waals surface area contributed by atoms with Gasteiger partial charge in [-0.05, 0) is 29.7 Å². The largest absolute Gasteiger partial charge is 0.507 e. The van der Waals surface area contributed by atoms with Gasteiger partial charge in [-0.3, -0.25) is 15.3 Å². The summed E-state index contributed by atoms with van der Waals surface area (Å²) in [7, 11) is 1.40. The Balaban J connectivity index is 2.00. The summed E-state index contributed by atoms with van der Waals surface area (Å²) in [6, 6.07) is 19.0. The zero-order valence-corrected chi connectivity index (χ0v) is 16.7. The van der Waals surface area contributed by atoms with Gasteiger partial charge in [-0.25, -0.2) is 10.3 Å². The Bertz CT molecular complexity index is 1080. The monoisotopic (exact) mass is 422 g/mol. The molecule has 0 aliphatic heterocycles. The molecule has 3 rings (SSSR count). The summed E-state index contributed by atoms with van der Waals surface area (Å²) < 4.78 is 11.2. The molecule has 0 radical (unpaired) electrons. The normalized spacial score (nSPS) is 13.0. The first kappa shape index (κ1) is 21.8. The maximum Gasteiger partial charge on any atom is 0.412 e. The number of rotatable bonds is 7. The molecule has 160 valence electrons. The van der Waals surface area contributed by atoms with Crippen LogP contribution in [0.25, 0.3) is 10.8 Å². The number of nitrogens with one attached hydrogen (secondary N) is 2. The van der Waals surface area contributed by atoms with Gasteiger partial charge in [-0.1, -0.05) is 48.5 Å². The number of hydroxylamine groups is 1. The number of ether oxygens (including phenoxy) is 2. The van der Waals surface area contributed by atoms with E-state index in [0.29, 0.717) is 22.0 Å². The first-order valence-electron chi connectivity index (χ1n) is 9.42. The highest BCUT2D eigenvalue weighted by atomic mass is 16.6. The number of hydrogen-bond donors (Lipinski definition) is 4. The van der Waals surface area contributed by atoms with Gasteiger partial charge < -0.3 is 14.6 Å². The number of anilines is 1. The van der Waals surface area contributed by atoms with E-state index in [1.165, 1.54) is 24.7 Å². The Morgan fingerprint density at radius 2 is 1.65 bits per heavy atom. The Hall–Kier alpha value is -3.88. The van der Waals surface area contributed by atoms with Crippen molar-refractivity contribution >= 4 is 28.5 Å². The standard InChI is InChI=1S/C23H22N2O6/c1-30-20(13-14-21(27)25-29)22(31-23(28)24-15-7-3-2-4-8-15)18-11-12-19(26)17-10-6-5-9-16(17)18/h2-14,20,22,26,29H,1H3,(H,24,28)(H,25,27)/b14-13+/t20-,22-/m0/s1. The molecule has 0 unspecified atom stereocenters. The lowest BCUT2D eigenvalue weighted by molar-refractivity contribution is -0.124. The second-order valence-electron chi connectivity index (χ2n) is 6.57. The number of carbonyl (C=O) groups excluding carboxylic acids is 2. The number of hydrogen-bond acceptors (Lipinski definition) is 6. The summed E-state index contributed by atoms with van der Waals surface area (Å²) in [4.78, 5) is 24.1. The number of phenolic OH excluding ortho intramolecular Hbond substituents is 1. The summed E-state index contributed by atoms with van der Waals surface area (Å²) >= 11 is 0. The highest BCUT2D eigenvalue weighted by Crippen LogP contribution is 2.35. The van der Waals surface area contributed by atoms with Crippen LogP contribution in [-0.4, -0.2) is 35.5 Å². The second kappa shape index (κ2) is 10.2. The second-order valence-corrected chi connectivity index (χ2v) is 6.57. The molecule has 3 aromatic rings. The molecule has 0 saturated heterocycles. The summed E-state index contributed by atoms with van der Waals surface area (Å²) in [6.07, 6.45) is -0.125. The average molecular weight is 422 g/mol. The van der Waals surface area contributed by atoms with Gasteiger partial charge in [0.05, 0.1) is 0 Å². The maximum atomic E-state index is 12.6. The zero-order chi connectivity index (χ0) is 22.2. The summed E-state index contributed by atoms with van der Waals surface area (Å²) in [5.41, 5.74) is 2.61. The van der Waals surface area contributed by atoms with Gasteiger partial charge in [-0.15, -0.1) is 0 Å². The molecular weight excluding hydrogens is 400 g/mol. The van der Waals surface area contributed by atoms with Gasteiger partial charge in [0.15, 0.2) is 6.10 Å². The molecule has 4 N–H and O–H groups in total. The van der Waals surface area contributed by atoms with E-state index in [1.807, 2.05) is 6.07 Å². The number of carbonyl (C=O) groups is 2. The minimum Gasteiger partial charge on any atom is -0.507 e. The Morgan fingerprint density at radius 1 is 0.968 bits per heavy atom. The molecule has 8 heteroatoms. The van der Waals surface area contributed by atoms with Gasteiger partial charge in [-0.2, -0.15) is 0 Å². The van der Waals surface area contributed by atoms with E-state index in [1.54, 1.807) is 54.6 Å². The van der Waals surface area contributed by atoms with Crippen LogP contribution in [-0.2, 0) is 14.3 Å². The van der Waals surface area contributed by atoms with Crippen LogP contribution in [0.15, 0.2) is 78.9 Å². The van der Waals surface area contributed by atoms with Crippen molar-refractivity contribution in [1.82, 2.24) is 5.48 Å². The quantitative estimate of drug-likeness (QED) is 0.261. The number of benzene rings is 3. The molecule has 3 aromatic carbocycles. The smallest absolute Gasteiger partial charge is 0.412 e. The minimum absolute atomic E-state index is 0.0796. The highest BCUT2D eigenvalue weighted by molar-refractivity contribution is 5.92. The molecule has 0 bridgehead atoms. The van der Waals surface area contributed by atoms with Crippen LogP contribution in [0.1, 0.15) is 11.7 Å². The van der Waals surface area contributed by atoms with Crippen molar-refractivity contribution in [3.8, 4) is 5.75 Å². The molecule has 0 spiro atoms. The van der Waals surface area contributed by atoms with Crippen molar-refractivity contribution in [2.75, 3.05) is 12.4 Å². The lowest BCUT2D eigenvalue weighted by Crippen LogP contribution is -2.27. The van der Waals surface area contributed by atoms with E-state index in [9.17, 15) is 14.7 Å². The van der Waals surface area contributed by atoms with Crippen molar-refractivity contribution in [2.45, 2.75) is 12.2 Å². The third kappa shape index (κ3) is 5.39. The molecule has 0 aromatic heterocycles. The van der Waals surface area contributed by atoms with E-state index >= 15 is 0 Å². The molecule has 2 amide bonds. The van der Waals surface area contributed by atoms with Crippen LogP contribution < -0.4 is 10.8 Å². The Morgan fingerprint density at radius 3 is 2.32 bits per heavy atom. The molecular formula is C23H22N2O6. The van der Waals surface area contributed by atoms with Crippen LogP contribution in [0.5, 0.6) is 5.75 Å². The SMILES string of the molecule is CO[C@@H](/C=C/C(=O)NO)[C@@H](OC(=O)Nc1ccccc1)c1ccc(O)c2ccccc12. The fourth-order valence-corrected chi connectivity index (χ4v) is 3.17. The number of fused-ring (bicyclic) bond motifs is 1. The van der Waals surface area contributed by atoms with Crippen molar-refractivity contribution in [1.29, 1.82) is 0 Å². The topological polar surface area (TPSA) is 117 Å². The van der Waals surface area contributed by atoms with Crippen molar-refractivity contribution in [3.05, 3.63) is 84.4 Å². The van der Waals surface area contributed by atoms with E-state index in [2.05, 4.69) is 5.32 Å². The summed E-state index contributed by atoms with van der Waals surface area (Å²) in [6.45, 7) is 0. The van der Waals surface area contributed by atoms with Crippen molar-refractivity contribution < 1.29 is 29.4 Å². The Labute approximate surface area is 178 Å². The third-order valence-corrected chi connectivity index (χ3v) is 4.61. The van der Waals surface area contributed by atoms with Gasteiger partial charge in [0.2, 0.25) is 0 Å². The number of amides is 2. The summed E-state index contributed by atoms with van der Waals surface area (Å²) in [5, 5.41) is 22.8. The van der Waals surface area contributed by atoms with Gasteiger partial charge in [0, 0.05) is 29.8 Å². The van der Waals surface area contributed by atoms with Crippen molar-refractivity contribution in [2.24, 2.45) is 0 Å². The maximum absolute atomic E-state index is 12.6. The fourth-order valence-electron chi connectivity index (χ4n) is 3.17. The van der Waals surface area contributed by atoms with Crippen LogP contribution >= 0.6 is 0 Å². The molecule has 31 heavy (non-hydrogen) atoms. The Kier molecular flexibility index (Phi) is 7.21. The predicted molar refractivity (Wildman–Crippen MR) is 115 cm³/mol. The molecule has 0 heterocycles. The number of aromatic hydroxyl groups is 1. The van der Waals surface area contributed by atoms with Gasteiger partial charge in [0.25, 0.3) is 5.91 Å². The first-order chi connectivity index (χ1) is 15.0. The van der Waals surface area contributed by atoms with Crippen LogP contribution in [0.4, 0.5) is 10.5 Å². The van der Waals surface area contributed by atoms with Gasteiger partial charge in [0.1, 0.15) is 11.9 Å². The predicted octanol–water partition coefficient (Wildman–Crippen LogP) is 3.91. The lowest BCUT2D eigenvalue weighted by Gasteiger charge is -2.25. The average Bonchev–Trinajstić information content (AvgIpc) is 2.79. The first-order valence-corrected chi connectivity index (χ1v) is 9.42. The van der Waals surface area contributed by atoms with Crippen molar-refractivity contribution in [3.63, 3.8) is 0 Å². The third-order valence-electron chi connectivity index (χ3n) is 4.61. The molecule has 0 fully saturated rings. The highest BCUT2D eigenvalue weighted by Gasteiger charge is 2.28. The molecule has 0 aliphatic rings. The molecule has 0 saturated carbocycles. The summed E-state index contributed by atoms with van der Waals surface area (Å²) in [5.74, 6) is -0.680. The van der Waals surface area contributed by atoms with E-state index in [-0.39, 0.29) is 5.75 Å². The van der Waals surface area contributed by atoms with Crippen LogP contribution in [0.2, 0.25) is 0 Å². The van der Waals surface area contributed by atoms with E-state index in [4.69, 9.17) is 14.7 Å². The van der Waals surface area contributed by atoms with E-state index < -0.39 is 24.2 Å². The van der Waals surface area contributed by atoms with Crippen LogP contribution in [0, 0.1) is 0 Å². The van der Waals surface area contributed by atoms with Gasteiger partial charge >= 0.3 is 6.09 Å². The molecule has 0 aliphatic carbocycles. The number of para-hydroxylation sites is 1. The molecule has 8 nitrogen and oxygen atoms in total. The lowest BCUT2D eigenvalue weighted by atomic mass is 9.96. The molecule has 2 atom stereocenters. The number of phenols is 1. The van der Waals surface area contributed by atoms with Crippen LogP contribution in [0.3, 0.4) is 0 Å². The number of methoxy groups -OCH3 is 1. The van der Waals surface area contributed by atoms with E-state index in [0.717, 1.165) is 6.08 Å². The fraction of sp³-hybridized carbons (Fsp3) is 0.130.